The van der Waals surface area contributed by atoms with Crippen LogP contribution in [0.15, 0.2) is 75.1 Å². The third-order valence-corrected chi connectivity index (χ3v) is 5.17. The number of hydrogen-bond acceptors (Lipinski definition) is 6. The van der Waals surface area contributed by atoms with Crippen LogP contribution in [0.1, 0.15) is 16.1 Å². The average molecular weight is 495 g/mol. The van der Waals surface area contributed by atoms with E-state index in [-0.39, 0.29) is 11.3 Å². The van der Waals surface area contributed by atoms with Crippen molar-refractivity contribution in [2.24, 2.45) is 0 Å². The molecule has 2 heterocycles. The fourth-order valence-corrected chi connectivity index (χ4v) is 3.51. The number of esters is 1. The number of urea groups is 1. The molecule has 0 aliphatic carbocycles. The van der Waals surface area contributed by atoms with Gasteiger partial charge in [0.05, 0.1) is 18.4 Å². The van der Waals surface area contributed by atoms with Gasteiger partial charge in [-0.25, -0.2) is 14.5 Å². The average Bonchev–Trinajstić information content (AvgIpc) is 3.25. The molecule has 0 unspecified atom stereocenters. The molecule has 1 fully saturated rings. The Hall–Kier alpha value is -3.98. The number of imide groups is 2. The van der Waals surface area contributed by atoms with Crippen LogP contribution in [0.2, 0.25) is 0 Å². The normalized spacial score (nSPS) is 15.1. The number of carbonyl (C=O) groups is 4. The van der Waals surface area contributed by atoms with Gasteiger partial charge in [-0.05, 0) is 48.5 Å². The van der Waals surface area contributed by atoms with Gasteiger partial charge < -0.3 is 9.15 Å². The predicted octanol–water partition coefficient (Wildman–Crippen LogP) is 4.16. The van der Waals surface area contributed by atoms with Crippen LogP contribution < -0.4 is 10.2 Å². The Labute approximate surface area is 190 Å². The highest BCUT2D eigenvalue weighted by Gasteiger charge is 2.37. The summed E-state index contributed by atoms with van der Waals surface area (Å²) in [4.78, 5) is 50.0. The Kier molecular flexibility index (Phi) is 5.74. The molecule has 1 aliphatic rings. The first-order valence-corrected chi connectivity index (χ1v) is 10.1. The van der Waals surface area contributed by atoms with Crippen LogP contribution in [-0.2, 0) is 14.3 Å². The fourth-order valence-electron chi connectivity index (χ4n) is 3.12. The van der Waals surface area contributed by atoms with Gasteiger partial charge in [0.25, 0.3) is 11.8 Å². The molecule has 1 N–H and O–H groups in total. The summed E-state index contributed by atoms with van der Waals surface area (Å²) >= 11 is 3.30. The van der Waals surface area contributed by atoms with E-state index in [1.807, 2.05) is 0 Å². The quantitative estimate of drug-likeness (QED) is 0.331. The second kappa shape index (κ2) is 8.64. The summed E-state index contributed by atoms with van der Waals surface area (Å²) in [5.74, 6) is -1.31. The molecule has 0 radical (unpaired) electrons. The molecule has 8 nitrogen and oxygen atoms in total. The highest BCUT2D eigenvalue weighted by molar-refractivity contribution is 9.10. The topological polar surface area (TPSA) is 106 Å². The van der Waals surface area contributed by atoms with Gasteiger partial charge in [-0.2, -0.15) is 0 Å². The van der Waals surface area contributed by atoms with Gasteiger partial charge in [-0.3, -0.25) is 14.9 Å². The second-order valence-electron chi connectivity index (χ2n) is 6.71. The highest BCUT2D eigenvalue weighted by atomic mass is 79.9. The minimum Gasteiger partial charge on any atom is -0.465 e. The number of hydrogen-bond donors (Lipinski definition) is 1. The van der Waals surface area contributed by atoms with Crippen LogP contribution in [-0.4, -0.2) is 30.9 Å². The van der Waals surface area contributed by atoms with Crippen molar-refractivity contribution >= 4 is 51.5 Å². The Morgan fingerprint density at radius 1 is 1.06 bits per heavy atom. The van der Waals surface area contributed by atoms with Crippen molar-refractivity contribution < 1.29 is 28.3 Å². The molecule has 160 valence electrons. The summed E-state index contributed by atoms with van der Waals surface area (Å²) in [7, 11) is 1.30. The molecular weight excluding hydrogens is 480 g/mol. The van der Waals surface area contributed by atoms with Crippen LogP contribution in [0.25, 0.3) is 17.4 Å². The number of anilines is 1. The molecule has 4 rings (SSSR count). The molecule has 0 spiro atoms. The number of halogens is 1. The number of rotatable bonds is 4. The number of ether oxygens (including phenoxy) is 1. The Morgan fingerprint density at radius 2 is 1.81 bits per heavy atom. The van der Waals surface area contributed by atoms with E-state index in [2.05, 4.69) is 26.0 Å². The molecule has 1 saturated heterocycles. The zero-order valence-corrected chi connectivity index (χ0v) is 18.2. The molecule has 2 aromatic carbocycles. The monoisotopic (exact) mass is 494 g/mol. The third kappa shape index (κ3) is 4.10. The van der Waals surface area contributed by atoms with E-state index in [4.69, 9.17) is 4.42 Å². The maximum Gasteiger partial charge on any atom is 0.337 e. The number of nitrogens with zero attached hydrogens (tertiary/aromatic N) is 1. The lowest BCUT2D eigenvalue weighted by Gasteiger charge is -2.26. The van der Waals surface area contributed by atoms with Crippen LogP contribution in [0.4, 0.5) is 10.5 Å². The maximum atomic E-state index is 12.9. The summed E-state index contributed by atoms with van der Waals surface area (Å²) < 4.78 is 11.1. The second-order valence-corrected chi connectivity index (χ2v) is 7.62. The van der Waals surface area contributed by atoms with E-state index in [1.54, 1.807) is 60.7 Å². The lowest BCUT2D eigenvalue weighted by molar-refractivity contribution is -0.122. The van der Waals surface area contributed by atoms with Crippen molar-refractivity contribution in [1.29, 1.82) is 0 Å². The number of furan rings is 1. The first kappa shape index (κ1) is 21.3. The summed E-state index contributed by atoms with van der Waals surface area (Å²) in [5, 5.41) is 2.17. The SMILES string of the molecule is COC(=O)c1ccc(-c2ccc(/C=C3/C(=O)NC(=O)N(c4cccc(Br)c4)C3=O)o2)cc1. The van der Waals surface area contributed by atoms with Gasteiger partial charge in [0, 0.05) is 10.0 Å². The van der Waals surface area contributed by atoms with Gasteiger partial charge >= 0.3 is 12.0 Å². The van der Waals surface area contributed by atoms with Crippen LogP contribution in [0, 0.1) is 0 Å². The minimum absolute atomic E-state index is 0.244. The molecule has 0 bridgehead atoms. The Balaban J connectivity index is 1.62. The predicted molar refractivity (Wildman–Crippen MR) is 119 cm³/mol. The number of methoxy groups -OCH3 is 1. The van der Waals surface area contributed by atoms with Gasteiger partial charge in [0.15, 0.2) is 0 Å². The van der Waals surface area contributed by atoms with Gasteiger partial charge in [-0.1, -0.05) is 34.1 Å². The molecular formula is C23H15BrN2O6. The van der Waals surface area contributed by atoms with E-state index in [1.165, 1.54) is 13.2 Å². The van der Waals surface area contributed by atoms with Gasteiger partial charge in [0.1, 0.15) is 17.1 Å². The van der Waals surface area contributed by atoms with Crippen molar-refractivity contribution in [2.45, 2.75) is 0 Å². The number of barbiturate groups is 1. The Bertz CT molecular complexity index is 1280. The summed E-state index contributed by atoms with van der Waals surface area (Å²) in [6.07, 6.45) is 1.28. The lowest BCUT2D eigenvalue weighted by atomic mass is 10.1. The standard InChI is InChI=1S/C23H15BrN2O6/c1-31-22(29)14-7-5-13(6-8-14)19-10-9-17(32-19)12-18-20(27)25-23(30)26(21(18)28)16-4-2-3-15(24)11-16/h2-12H,1H3,(H,25,27,30)/b18-12-. The zero-order chi connectivity index (χ0) is 22.8. The molecule has 1 aromatic heterocycles. The summed E-state index contributed by atoms with van der Waals surface area (Å²) in [6.45, 7) is 0. The van der Waals surface area contributed by atoms with Crippen molar-refractivity contribution in [1.82, 2.24) is 5.32 Å². The van der Waals surface area contributed by atoms with Crippen molar-refractivity contribution in [3.8, 4) is 11.3 Å². The summed E-state index contributed by atoms with van der Waals surface area (Å²) in [5.41, 5.74) is 1.15. The largest absolute Gasteiger partial charge is 0.465 e. The van der Waals surface area contributed by atoms with Crippen LogP contribution in [0.3, 0.4) is 0 Å². The fraction of sp³-hybridized carbons (Fsp3) is 0.0435. The molecule has 32 heavy (non-hydrogen) atoms. The van der Waals surface area contributed by atoms with Crippen LogP contribution >= 0.6 is 15.9 Å². The Morgan fingerprint density at radius 3 is 2.50 bits per heavy atom. The van der Waals surface area contributed by atoms with Crippen LogP contribution in [0.5, 0.6) is 0 Å². The minimum atomic E-state index is -0.832. The van der Waals surface area contributed by atoms with E-state index in [0.717, 1.165) is 4.90 Å². The highest BCUT2D eigenvalue weighted by Crippen LogP contribution is 2.27. The zero-order valence-electron chi connectivity index (χ0n) is 16.6. The van der Waals surface area contributed by atoms with E-state index >= 15 is 0 Å². The first-order chi connectivity index (χ1) is 15.4. The summed E-state index contributed by atoms with van der Waals surface area (Å²) in [6, 6.07) is 15.6. The number of nitrogens with one attached hydrogen (secondary N) is 1. The van der Waals surface area contributed by atoms with E-state index in [0.29, 0.717) is 27.0 Å². The van der Waals surface area contributed by atoms with Gasteiger partial charge in [0.2, 0.25) is 0 Å². The number of amides is 4. The lowest BCUT2D eigenvalue weighted by Crippen LogP contribution is -2.54. The molecule has 0 atom stereocenters. The molecule has 1 aliphatic heterocycles. The van der Waals surface area contributed by atoms with E-state index < -0.39 is 23.8 Å². The first-order valence-electron chi connectivity index (χ1n) is 9.33. The third-order valence-electron chi connectivity index (χ3n) is 4.67. The van der Waals surface area contributed by atoms with E-state index in [9.17, 15) is 19.2 Å². The smallest absolute Gasteiger partial charge is 0.337 e. The van der Waals surface area contributed by atoms with Gasteiger partial charge in [-0.15, -0.1) is 0 Å². The molecule has 0 saturated carbocycles. The van der Waals surface area contributed by atoms with Crippen molar-refractivity contribution in [3.63, 3.8) is 0 Å². The van der Waals surface area contributed by atoms with Crippen molar-refractivity contribution in [3.05, 3.63) is 82.0 Å². The number of benzene rings is 2. The number of carbonyl (C=O) groups excluding carboxylic acids is 4. The molecule has 3 aromatic rings. The van der Waals surface area contributed by atoms with Crippen molar-refractivity contribution in [2.75, 3.05) is 12.0 Å². The maximum absolute atomic E-state index is 12.9. The molecule has 4 amide bonds. The molecule has 9 heteroatoms.